The molecule has 1 nitrogen and oxygen atoms in total. The molecule has 0 aliphatic rings. The van der Waals surface area contributed by atoms with E-state index in [0.29, 0.717) is 12.2 Å². The first-order valence-electron chi connectivity index (χ1n) is 12.8. The van der Waals surface area contributed by atoms with Crippen molar-refractivity contribution < 1.29 is 17.9 Å². The summed E-state index contributed by atoms with van der Waals surface area (Å²) in [6.45, 7) is 4.38. The lowest BCUT2D eigenvalue weighted by molar-refractivity contribution is 0.321. The topological polar surface area (TPSA) is 9.23 Å². The fraction of sp³-hybridized carbons (Fsp3) is 0.212. The first-order chi connectivity index (χ1) is 18.0. The van der Waals surface area contributed by atoms with Gasteiger partial charge in [-0.05, 0) is 59.7 Å². The lowest BCUT2D eigenvalue weighted by Gasteiger charge is -2.08. The molecule has 0 N–H and O–H groups in total. The fourth-order valence-electron chi connectivity index (χ4n) is 4.27. The normalized spacial score (nSPS) is 11.3. The van der Waals surface area contributed by atoms with E-state index in [-0.39, 0.29) is 16.9 Å². The van der Waals surface area contributed by atoms with Crippen LogP contribution in [0.1, 0.15) is 49.8 Å². The molecule has 0 fully saturated rings. The van der Waals surface area contributed by atoms with Gasteiger partial charge < -0.3 is 4.74 Å². The summed E-state index contributed by atoms with van der Waals surface area (Å²) in [5.74, 6) is -1.91. The van der Waals surface area contributed by atoms with E-state index in [9.17, 15) is 13.2 Å². The zero-order valence-electron chi connectivity index (χ0n) is 21.2. The Kier molecular flexibility index (Phi) is 8.84. The van der Waals surface area contributed by atoms with E-state index in [1.165, 1.54) is 24.5 Å². The van der Waals surface area contributed by atoms with Gasteiger partial charge in [0.05, 0.1) is 6.61 Å². The van der Waals surface area contributed by atoms with Gasteiger partial charge in [0.25, 0.3) is 0 Å². The maximum atomic E-state index is 14.9. The average Bonchev–Trinajstić information content (AvgIpc) is 2.92. The summed E-state index contributed by atoms with van der Waals surface area (Å²) >= 11 is 0. The van der Waals surface area contributed by atoms with Gasteiger partial charge in [0.1, 0.15) is 0 Å². The Balaban J connectivity index is 1.47. The lowest BCUT2D eigenvalue weighted by atomic mass is 9.99. The molecule has 0 aromatic heterocycles. The highest BCUT2D eigenvalue weighted by Gasteiger charge is 2.13. The molecule has 0 aliphatic carbocycles. The first-order valence-corrected chi connectivity index (χ1v) is 12.8. The van der Waals surface area contributed by atoms with E-state index in [0.717, 1.165) is 29.5 Å². The van der Waals surface area contributed by atoms with Crippen molar-refractivity contribution in [1.29, 1.82) is 0 Å². The van der Waals surface area contributed by atoms with Crippen LogP contribution in [0.2, 0.25) is 0 Å². The van der Waals surface area contributed by atoms with Gasteiger partial charge in [-0.15, -0.1) is 0 Å². The number of hydrogen-bond acceptors (Lipinski definition) is 1. The Labute approximate surface area is 217 Å². The Hall–Kier alpha value is -3.79. The maximum Gasteiger partial charge on any atom is 0.167 e. The molecule has 37 heavy (non-hydrogen) atoms. The van der Waals surface area contributed by atoms with Crippen LogP contribution in [-0.4, -0.2) is 6.61 Å². The number of ether oxygens (including phenoxy) is 1. The Bertz CT molecular complexity index is 1360. The van der Waals surface area contributed by atoms with Crippen LogP contribution in [0.3, 0.4) is 0 Å². The van der Waals surface area contributed by atoms with Crippen LogP contribution in [0, 0.1) is 17.5 Å². The third kappa shape index (κ3) is 6.51. The number of hydrogen-bond donors (Lipinski definition) is 0. The van der Waals surface area contributed by atoms with Crippen molar-refractivity contribution in [3.05, 3.63) is 113 Å². The van der Waals surface area contributed by atoms with Crippen molar-refractivity contribution in [2.45, 2.75) is 39.5 Å². The molecule has 190 valence electrons. The standard InChI is InChI=1S/C33H31F3O/c1-3-5-6-7-23-10-15-26(16-11-23)29-20-18-27(32(35)33(29)36)17-12-24-8-13-25(14-9-24)28-19-21-31(37-4-2)30(34)22-28/h8-22H,3-7H2,1-2H3/b17-12+. The molecule has 0 saturated heterocycles. The largest absolute Gasteiger partial charge is 0.491 e. The molecular weight excluding hydrogens is 469 g/mol. The Morgan fingerprint density at radius 2 is 1.38 bits per heavy atom. The van der Waals surface area contributed by atoms with E-state index < -0.39 is 17.5 Å². The molecular formula is C33H31F3O. The second-order valence-corrected chi connectivity index (χ2v) is 9.02. The van der Waals surface area contributed by atoms with Crippen molar-refractivity contribution in [2.24, 2.45) is 0 Å². The number of rotatable bonds is 10. The molecule has 0 spiro atoms. The summed E-state index contributed by atoms with van der Waals surface area (Å²) in [7, 11) is 0. The van der Waals surface area contributed by atoms with E-state index in [2.05, 4.69) is 6.92 Å². The van der Waals surface area contributed by atoms with Crippen LogP contribution in [0.4, 0.5) is 13.2 Å². The fourth-order valence-corrected chi connectivity index (χ4v) is 4.27. The maximum absolute atomic E-state index is 14.9. The number of unbranched alkanes of at least 4 members (excludes halogenated alkanes) is 2. The average molecular weight is 501 g/mol. The zero-order valence-corrected chi connectivity index (χ0v) is 21.2. The number of aryl methyl sites for hydroxylation is 1. The van der Waals surface area contributed by atoms with Gasteiger partial charge in [0.15, 0.2) is 23.2 Å². The summed E-state index contributed by atoms with van der Waals surface area (Å²) in [5.41, 5.74) is 4.68. The number of halogens is 3. The van der Waals surface area contributed by atoms with Crippen LogP contribution >= 0.6 is 0 Å². The lowest BCUT2D eigenvalue weighted by Crippen LogP contribution is -1.94. The van der Waals surface area contributed by atoms with Crippen LogP contribution in [-0.2, 0) is 6.42 Å². The van der Waals surface area contributed by atoms with Crippen LogP contribution in [0.15, 0.2) is 78.9 Å². The summed E-state index contributed by atoms with van der Waals surface area (Å²) < 4.78 is 49.2. The van der Waals surface area contributed by atoms with Gasteiger partial charge in [-0.2, -0.15) is 0 Å². The highest BCUT2D eigenvalue weighted by atomic mass is 19.2. The molecule has 0 atom stereocenters. The Morgan fingerprint density at radius 3 is 2.05 bits per heavy atom. The second kappa shape index (κ2) is 12.4. The van der Waals surface area contributed by atoms with Gasteiger partial charge in [-0.3, -0.25) is 0 Å². The molecule has 4 heteroatoms. The molecule has 4 rings (SSSR count). The van der Waals surface area contributed by atoms with E-state index in [1.54, 1.807) is 36.4 Å². The van der Waals surface area contributed by atoms with Gasteiger partial charge in [0.2, 0.25) is 0 Å². The minimum atomic E-state index is -0.873. The third-order valence-electron chi connectivity index (χ3n) is 6.38. The monoisotopic (exact) mass is 500 g/mol. The van der Waals surface area contributed by atoms with Crippen LogP contribution < -0.4 is 4.74 Å². The van der Waals surface area contributed by atoms with Crippen molar-refractivity contribution in [2.75, 3.05) is 6.61 Å². The van der Waals surface area contributed by atoms with Crippen molar-refractivity contribution >= 4 is 12.2 Å². The van der Waals surface area contributed by atoms with Gasteiger partial charge >= 0.3 is 0 Å². The third-order valence-corrected chi connectivity index (χ3v) is 6.38. The van der Waals surface area contributed by atoms with Crippen LogP contribution in [0.5, 0.6) is 5.75 Å². The summed E-state index contributed by atoms with van der Waals surface area (Å²) in [5, 5.41) is 0. The summed E-state index contributed by atoms with van der Waals surface area (Å²) in [6, 6.07) is 23.2. The van der Waals surface area contributed by atoms with E-state index >= 15 is 0 Å². The highest BCUT2D eigenvalue weighted by molar-refractivity contribution is 5.74. The predicted molar refractivity (Wildman–Crippen MR) is 147 cm³/mol. The summed E-state index contributed by atoms with van der Waals surface area (Å²) in [4.78, 5) is 0. The molecule has 0 unspecified atom stereocenters. The molecule has 0 amide bonds. The van der Waals surface area contributed by atoms with E-state index in [1.807, 2.05) is 55.5 Å². The zero-order chi connectivity index (χ0) is 26.2. The Morgan fingerprint density at radius 1 is 0.676 bits per heavy atom. The molecule has 0 saturated carbocycles. The van der Waals surface area contributed by atoms with Gasteiger partial charge in [0, 0.05) is 11.1 Å². The molecule has 0 aliphatic heterocycles. The SMILES string of the molecule is CCCCCc1ccc(-c2ccc(/C=C/c3ccc(-c4ccc(OCC)c(F)c4)cc3)c(F)c2F)cc1. The highest BCUT2D eigenvalue weighted by Crippen LogP contribution is 2.29. The first kappa shape index (κ1) is 26.3. The van der Waals surface area contributed by atoms with Crippen molar-refractivity contribution in [3.63, 3.8) is 0 Å². The smallest absolute Gasteiger partial charge is 0.167 e. The quantitative estimate of drug-likeness (QED) is 0.156. The molecule has 4 aromatic carbocycles. The van der Waals surface area contributed by atoms with Crippen molar-refractivity contribution in [3.8, 4) is 28.0 Å². The van der Waals surface area contributed by atoms with Gasteiger partial charge in [-0.25, -0.2) is 13.2 Å². The van der Waals surface area contributed by atoms with Crippen molar-refractivity contribution in [1.82, 2.24) is 0 Å². The molecule has 4 aromatic rings. The van der Waals surface area contributed by atoms with E-state index in [4.69, 9.17) is 4.74 Å². The second-order valence-electron chi connectivity index (χ2n) is 9.02. The molecule has 0 radical (unpaired) electrons. The minimum Gasteiger partial charge on any atom is -0.491 e. The molecule has 0 heterocycles. The van der Waals surface area contributed by atoms with Gasteiger partial charge in [-0.1, -0.05) is 98.6 Å². The van der Waals surface area contributed by atoms with Crippen LogP contribution in [0.25, 0.3) is 34.4 Å². The summed E-state index contributed by atoms with van der Waals surface area (Å²) in [6.07, 6.45) is 7.76. The predicted octanol–water partition coefficient (Wildman–Crippen LogP) is 9.74. The molecule has 0 bridgehead atoms. The number of benzene rings is 4. The minimum absolute atomic E-state index is 0.176.